The normalized spacial score (nSPS) is 12.5. The molecule has 0 saturated carbocycles. The van der Waals surface area contributed by atoms with Crippen molar-refractivity contribution in [2.24, 2.45) is 0 Å². The van der Waals surface area contributed by atoms with Crippen LogP contribution in [-0.4, -0.2) is 29.5 Å². The van der Waals surface area contributed by atoms with E-state index in [1.54, 1.807) is 6.33 Å². The molecular weight excluding hydrogens is 276 g/mol. The van der Waals surface area contributed by atoms with Crippen molar-refractivity contribution in [3.63, 3.8) is 0 Å². The minimum Gasteiger partial charge on any atom is -0.249 e. The monoisotopic (exact) mass is 296 g/mol. The highest BCUT2D eigenvalue weighted by Gasteiger charge is 2.17. The van der Waals surface area contributed by atoms with Crippen LogP contribution in [0.3, 0.4) is 0 Å². The Hall–Kier alpha value is -2.50. The van der Waals surface area contributed by atoms with E-state index in [-0.39, 0.29) is 5.92 Å². The third kappa shape index (κ3) is 2.77. The van der Waals surface area contributed by atoms with Gasteiger partial charge in [-0.1, -0.05) is 19.1 Å². The van der Waals surface area contributed by atoms with Crippen LogP contribution >= 0.6 is 0 Å². The van der Waals surface area contributed by atoms with Crippen LogP contribution in [0.15, 0.2) is 30.6 Å². The summed E-state index contributed by atoms with van der Waals surface area (Å²) in [6, 6.07) is 8.26. The molecule has 1 aromatic carbocycles. The quantitative estimate of drug-likeness (QED) is 0.742. The van der Waals surface area contributed by atoms with E-state index in [1.165, 1.54) is 5.56 Å². The summed E-state index contributed by atoms with van der Waals surface area (Å²) in [5.41, 5.74) is 2.24. The van der Waals surface area contributed by atoms with Crippen LogP contribution in [0.25, 0.3) is 5.69 Å². The van der Waals surface area contributed by atoms with Gasteiger partial charge in [0, 0.05) is 5.92 Å². The first-order valence-corrected chi connectivity index (χ1v) is 7.39. The summed E-state index contributed by atoms with van der Waals surface area (Å²) in [7, 11) is 0. The molecule has 6 nitrogen and oxygen atoms in total. The van der Waals surface area contributed by atoms with Crippen molar-refractivity contribution in [1.29, 1.82) is 0 Å². The van der Waals surface area contributed by atoms with Crippen LogP contribution in [0.5, 0.6) is 0 Å². The molecular formula is C16H20N6. The topological polar surface area (TPSA) is 61.4 Å². The number of aryl methyl sites for hydroxylation is 3. The molecule has 0 bridgehead atoms. The van der Waals surface area contributed by atoms with E-state index in [0.717, 1.165) is 29.7 Å². The summed E-state index contributed by atoms with van der Waals surface area (Å²) >= 11 is 0. The molecule has 0 spiro atoms. The summed E-state index contributed by atoms with van der Waals surface area (Å²) in [6.07, 6.45) is 1.60. The first-order chi connectivity index (χ1) is 10.5. The molecule has 3 aromatic rings. The van der Waals surface area contributed by atoms with Crippen molar-refractivity contribution in [1.82, 2.24) is 29.5 Å². The fourth-order valence-electron chi connectivity index (χ4n) is 2.62. The van der Waals surface area contributed by atoms with Crippen LogP contribution < -0.4 is 0 Å². The number of nitrogens with zero attached hydrogens (tertiary/aromatic N) is 6. The molecule has 114 valence electrons. The third-order valence-corrected chi connectivity index (χ3v) is 3.67. The molecule has 2 heterocycles. The van der Waals surface area contributed by atoms with Gasteiger partial charge in [-0.3, -0.25) is 0 Å². The Kier molecular flexibility index (Phi) is 3.75. The molecule has 0 unspecified atom stereocenters. The second-order valence-electron chi connectivity index (χ2n) is 5.66. The molecule has 0 aliphatic carbocycles. The minimum absolute atomic E-state index is 0.183. The lowest BCUT2D eigenvalue weighted by molar-refractivity contribution is 0.502. The van der Waals surface area contributed by atoms with Crippen LogP contribution in [0, 0.1) is 20.8 Å². The van der Waals surface area contributed by atoms with E-state index in [2.05, 4.69) is 46.1 Å². The number of benzene rings is 1. The lowest BCUT2D eigenvalue weighted by Gasteiger charge is -2.13. The van der Waals surface area contributed by atoms with Crippen molar-refractivity contribution >= 4 is 0 Å². The van der Waals surface area contributed by atoms with E-state index in [0.29, 0.717) is 0 Å². The van der Waals surface area contributed by atoms with Gasteiger partial charge in [0.1, 0.15) is 23.8 Å². The minimum atomic E-state index is 0.183. The molecule has 0 amide bonds. The molecule has 2 aromatic heterocycles. The molecule has 1 atom stereocenters. The van der Waals surface area contributed by atoms with E-state index < -0.39 is 0 Å². The van der Waals surface area contributed by atoms with Crippen LogP contribution in [0.1, 0.15) is 35.9 Å². The van der Waals surface area contributed by atoms with Gasteiger partial charge in [0.15, 0.2) is 0 Å². The van der Waals surface area contributed by atoms with Gasteiger partial charge in [-0.15, -0.1) is 0 Å². The van der Waals surface area contributed by atoms with Crippen molar-refractivity contribution in [3.05, 3.63) is 53.6 Å². The highest BCUT2D eigenvalue weighted by Crippen LogP contribution is 2.19. The van der Waals surface area contributed by atoms with E-state index >= 15 is 0 Å². The van der Waals surface area contributed by atoms with Gasteiger partial charge in [0.25, 0.3) is 0 Å². The summed E-state index contributed by atoms with van der Waals surface area (Å²) in [6.45, 7) is 8.82. The zero-order chi connectivity index (χ0) is 15.7. The molecule has 0 aliphatic rings. The summed E-state index contributed by atoms with van der Waals surface area (Å²) < 4.78 is 3.83. The third-order valence-electron chi connectivity index (χ3n) is 3.67. The van der Waals surface area contributed by atoms with E-state index in [9.17, 15) is 0 Å². The smallest absolute Gasteiger partial charge is 0.147 e. The van der Waals surface area contributed by atoms with E-state index in [4.69, 9.17) is 0 Å². The first-order valence-electron chi connectivity index (χ1n) is 7.39. The molecule has 3 rings (SSSR count). The molecule has 0 saturated heterocycles. The molecule has 0 fully saturated rings. The standard InChI is InChI=1S/C16H20N6/c1-11-6-5-7-15(8-11)22-16(17-10-18-22)12(2)9-21-14(4)19-13(3)20-21/h5-8,10,12H,9H2,1-4H3/t12-/m1/s1. The fourth-order valence-corrected chi connectivity index (χ4v) is 2.62. The largest absolute Gasteiger partial charge is 0.249 e. The highest BCUT2D eigenvalue weighted by molar-refractivity contribution is 5.35. The van der Waals surface area contributed by atoms with Gasteiger partial charge >= 0.3 is 0 Å². The number of aromatic nitrogens is 6. The van der Waals surface area contributed by atoms with Gasteiger partial charge in [-0.05, 0) is 38.5 Å². The van der Waals surface area contributed by atoms with Gasteiger partial charge < -0.3 is 0 Å². The summed E-state index contributed by atoms with van der Waals surface area (Å²) in [5.74, 6) is 2.83. The van der Waals surface area contributed by atoms with Gasteiger partial charge in [-0.2, -0.15) is 10.2 Å². The molecule has 0 radical (unpaired) electrons. The van der Waals surface area contributed by atoms with Crippen LogP contribution in [-0.2, 0) is 6.54 Å². The predicted octanol–water partition coefficient (Wildman–Crippen LogP) is 2.59. The predicted molar refractivity (Wildman–Crippen MR) is 84.0 cm³/mol. The second-order valence-corrected chi connectivity index (χ2v) is 5.66. The lowest BCUT2D eigenvalue weighted by Crippen LogP contribution is -2.14. The number of hydrogen-bond donors (Lipinski definition) is 0. The summed E-state index contributed by atoms with van der Waals surface area (Å²) in [4.78, 5) is 8.79. The van der Waals surface area contributed by atoms with Crippen molar-refractivity contribution in [3.8, 4) is 5.69 Å². The number of rotatable bonds is 4. The molecule has 6 heteroatoms. The Morgan fingerprint density at radius 2 is 2.00 bits per heavy atom. The Balaban J connectivity index is 1.89. The Bertz CT molecular complexity index is 786. The Morgan fingerprint density at radius 3 is 2.68 bits per heavy atom. The summed E-state index contributed by atoms with van der Waals surface area (Å²) in [5, 5.41) is 8.80. The zero-order valence-corrected chi connectivity index (χ0v) is 13.4. The maximum Gasteiger partial charge on any atom is 0.147 e. The maximum atomic E-state index is 4.45. The van der Waals surface area contributed by atoms with Gasteiger partial charge in [-0.25, -0.2) is 19.3 Å². The first kappa shape index (κ1) is 14.4. The highest BCUT2D eigenvalue weighted by atomic mass is 15.4. The molecule has 22 heavy (non-hydrogen) atoms. The Labute approximate surface area is 129 Å². The molecule has 0 N–H and O–H groups in total. The maximum absolute atomic E-state index is 4.45. The average molecular weight is 296 g/mol. The number of hydrogen-bond acceptors (Lipinski definition) is 4. The second kappa shape index (κ2) is 5.71. The van der Waals surface area contributed by atoms with Crippen molar-refractivity contribution in [2.45, 2.75) is 40.2 Å². The van der Waals surface area contributed by atoms with Gasteiger partial charge in [0.05, 0.1) is 12.2 Å². The zero-order valence-electron chi connectivity index (χ0n) is 13.4. The van der Waals surface area contributed by atoms with Crippen molar-refractivity contribution < 1.29 is 0 Å². The van der Waals surface area contributed by atoms with E-state index in [1.807, 2.05) is 35.3 Å². The average Bonchev–Trinajstić information content (AvgIpc) is 3.06. The lowest BCUT2D eigenvalue weighted by atomic mass is 10.1. The molecule has 0 aliphatic heterocycles. The Morgan fingerprint density at radius 1 is 1.18 bits per heavy atom. The van der Waals surface area contributed by atoms with Gasteiger partial charge in [0.2, 0.25) is 0 Å². The van der Waals surface area contributed by atoms with Crippen LogP contribution in [0.2, 0.25) is 0 Å². The van der Waals surface area contributed by atoms with Crippen molar-refractivity contribution in [2.75, 3.05) is 0 Å². The van der Waals surface area contributed by atoms with Crippen LogP contribution in [0.4, 0.5) is 0 Å². The SMILES string of the molecule is Cc1cccc(-n2ncnc2[C@H](C)Cn2nc(C)nc2C)c1. The fraction of sp³-hybridized carbons (Fsp3) is 0.375.